The fourth-order valence-electron chi connectivity index (χ4n) is 2.70. The Kier molecular flexibility index (Phi) is 6.17. The summed E-state index contributed by atoms with van der Waals surface area (Å²) < 4.78 is 27.6. The second-order valence-electron chi connectivity index (χ2n) is 6.71. The first-order valence-electron chi connectivity index (χ1n) is 9.11. The number of aryl methyl sites for hydroxylation is 1. The average molecular weight is 423 g/mol. The molecule has 0 saturated heterocycles. The Balaban J connectivity index is 1.72. The summed E-state index contributed by atoms with van der Waals surface area (Å²) in [6.07, 6.45) is 0. The molecule has 0 bridgehead atoms. The number of benzene rings is 3. The summed E-state index contributed by atoms with van der Waals surface area (Å²) in [6, 6.07) is 19.4. The highest BCUT2D eigenvalue weighted by molar-refractivity contribution is 7.92. The number of rotatable bonds is 6. The predicted molar refractivity (Wildman–Crippen MR) is 117 cm³/mol. The van der Waals surface area contributed by atoms with Gasteiger partial charge in [-0.2, -0.15) is 0 Å². The number of amides is 2. The van der Waals surface area contributed by atoms with E-state index < -0.39 is 15.9 Å². The van der Waals surface area contributed by atoms with E-state index in [2.05, 4.69) is 15.4 Å². The lowest BCUT2D eigenvalue weighted by molar-refractivity contribution is -0.114. The van der Waals surface area contributed by atoms with Gasteiger partial charge in [0.25, 0.3) is 15.9 Å². The van der Waals surface area contributed by atoms with Gasteiger partial charge in [-0.3, -0.25) is 14.3 Å². The summed E-state index contributed by atoms with van der Waals surface area (Å²) in [5, 5.41) is 5.38. The van der Waals surface area contributed by atoms with E-state index in [0.717, 1.165) is 5.56 Å². The summed E-state index contributed by atoms with van der Waals surface area (Å²) in [6.45, 7) is 3.29. The van der Waals surface area contributed by atoms with Gasteiger partial charge in [-0.05, 0) is 61.5 Å². The first kappa shape index (κ1) is 21.1. The average Bonchev–Trinajstić information content (AvgIpc) is 2.69. The van der Waals surface area contributed by atoms with Gasteiger partial charge < -0.3 is 10.6 Å². The Morgan fingerprint density at radius 2 is 1.37 bits per heavy atom. The standard InChI is InChI=1S/C22H21N3O4S/c1-15-6-12-21(13-7-15)30(28,29)25-20-5-3-4-17(14-20)22(27)24-19-10-8-18(9-11-19)23-16(2)26/h3-14,25H,1-2H3,(H,23,26)(H,24,27). The first-order valence-corrected chi connectivity index (χ1v) is 10.6. The normalized spacial score (nSPS) is 10.9. The third-order valence-electron chi connectivity index (χ3n) is 4.17. The van der Waals surface area contributed by atoms with E-state index in [1.54, 1.807) is 54.6 Å². The van der Waals surface area contributed by atoms with E-state index in [4.69, 9.17) is 0 Å². The van der Waals surface area contributed by atoms with E-state index in [-0.39, 0.29) is 16.5 Å². The Labute approximate surface area is 175 Å². The molecule has 2 amide bonds. The molecule has 0 atom stereocenters. The van der Waals surface area contributed by atoms with Gasteiger partial charge in [0.15, 0.2) is 0 Å². The number of sulfonamides is 1. The van der Waals surface area contributed by atoms with Gasteiger partial charge in [0.1, 0.15) is 0 Å². The van der Waals surface area contributed by atoms with Crippen LogP contribution in [0.5, 0.6) is 0 Å². The van der Waals surface area contributed by atoms with Crippen molar-refractivity contribution in [2.45, 2.75) is 18.7 Å². The number of hydrogen-bond donors (Lipinski definition) is 3. The van der Waals surface area contributed by atoms with Crippen LogP contribution in [-0.4, -0.2) is 20.2 Å². The van der Waals surface area contributed by atoms with E-state index in [0.29, 0.717) is 16.9 Å². The molecule has 154 valence electrons. The zero-order chi connectivity index (χ0) is 21.7. The van der Waals surface area contributed by atoms with Crippen LogP contribution in [0.2, 0.25) is 0 Å². The van der Waals surface area contributed by atoms with Gasteiger partial charge in [0.05, 0.1) is 4.90 Å². The Bertz CT molecular complexity index is 1170. The SMILES string of the molecule is CC(=O)Nc1ccc(NC(=O)c2cccc(NS(=O)(=O)c3ccc(C)cc3)c2)cc1. The molecule has 0 saturated carbocycles. The Hall–Kier alpha value is -3.65. The first-order chi connectivity index (χ1) is 14.2. The third kappa shape index (κ3) is 5.45. The highest BCUT2D eigenvalue weighted by Crippen LogP contribution is 2.19. The minimum absolute atomic E-state index is 0.141. The van der Waals surface area contributed by atoms with Gasteiger partial charge in [0, 0.05) is 29.5 Å². The van der Waals surface area contributed by atoms with Crippen molar-refractivity contribution in [2.24, 2.45) is 0 Å². The monoisotopic (exact) mass is 423 g/mol. The topological polar surface area (TPSA) is 104 Å². The van der Waals surface area contributed by atoms with Crippen molar-refractivity contribution in [1.29, 1.82) is 0 Å². The van der Waals surface area contributed by atoms with E-state index >= 15 is 0 Å². The van der Waals surface area contributed by atoms with Crippen LogP contribution in [0, 0.1) is 6.92 Å². The smallest absolute Gasteiger partial charge is 0.261 e. The maximum Gasteiger partial charge on any atom is 0.261 e. The molecule has 0 unspecified atom stereocenters. The molecule has 0 heterocycles. The summed E-state index contributed by atoms with van der Waals surface area (Å²) >= 11 is 0. The van der Waals surface area contributed by atoms with Crippen molar-refractivity contribution >= 4 is 38.9 Å². The van der Waals surface area contributed by atoms with Crippen LogP contribution in [0.3, 0.4) is 0 Å². The minimum Gasteiger partial charge on any atom is -0.326 e. The highest BCUT2D eigenvalue weighted by Gasteiger charge is 2.15. The Morgan fingerprint density at radius 3 is 1.97 bits per heavy atom. The quantitative estimate of drug-likeness (QED) is 0.557. The molecule has 8 heteroatoms. The fourth-order valence-corrected chi connectivity index (χ4v) is 3.75. The molecule has 3 aromatic rings. The summed E-state index contributed by atoms with van der Waals surface area (Å²) in [7, 11) is -3.76. The number of nitrogens with one attached hydrogen (secondary N) is 3. The second-order valence-corrected chi connectivity index (χ2v) is 8.39. The lowest BCUT2D eigenvalue weighted by Gasteiger charge is -2.11. The van der Waals surface area contributed by atoms with Crippen LogP contribution in [0.25, 0.3) is 0 Å². The van der Waals surface area contributed by atoms with Crippen LogP contribution < -0.4 is 15.4 Å². The molecule has 0 aromatic heterocycles. The zero-order valence-corrected chi connectivity index (χ0v) is 17.3. The van der Waals surface area contributed by atoms with Crippen LogP contribution in [0.4, 0.5) is 17.1 Å². The van der Waals surface area contributed by atoms with Gasteiger partial charge in [-0.15, -0.1) is 0 Å². The predicted octanol–water partition coefficient (Wildman–Crippen LogP) is 4.01. The molecule has 0 aliphatic rings. The highest BCUT2D eigenvalue weighted by atomic mass is 32.2. The van der Waals surface area contributed by atoms with Gasteiger partial charge >= 0.3 is 0 Å². The molecule has 0 spiro atoms. The van der Waals surface area contributed by atoms with Crippen LogP contribution in [0.1, 0.15) is 22.8 Å². The molecule has 0 aliphatic heterocycles. The second kappa shape index (κ2) is 8.79. The van der Waals surface area contributed by atoms with Crippen molar-refractivity contribution in [1.82, 2.24) is 0 Å². The van der Waals surface area contributed by atoms with E-state index in [9.17, 15) is 18.0 Å². The largest absolute Gasteiger partial charge is 0.326 e. The third-order valence-corrected chi connectivity index (χ3v) is 5.57. The zero-order valence-electron chi connectivity index (χ0n) is 16.5. The number of hydrogen-bond acceptors (Lipinski definition) is 4. The molecule has 0 radical (unpaired) electrons. The van der Waals surface area contributed by atoms with E-state index in [1.165, 1.54) is 25.1 Å². The lowest BCUT2D eigenvalue weighted by atomic mass is 10.2. The van der Waals surface area contributed by atoms with Crippen molar-refractivity contribution in [3.8, 4) is 0 Å². The van der Waals surface area contributed by atoms with Crippen LogP contribution in [-0.2, 0) is 14.8 Å². The number of anilines is 3. The molecule has 7 nitrogen and oxygen atoms in total. The van der Waals surface area contributed by atoms with Gasteiger partial charge in [-0.25, -0.2) is 8.42 Å². The van der Waals surface area contributed by atoms with Crippen molar-refractivity contribution in [3.05, 3.63) is 83.9 Å². The number of carbonyl (C=O) groups excluding carboxylic acids is 2. The summed E-state index contributed by atoms with van der Waals surface area (Å²) in [5.74, 6) is -0.574. The van der Waals surface area contributed by atoms with Crippen LogP contribution in [0.15, 0.2) is 77.7 Å². The molecule has 0 aliphatic carbocycles. The molecule has 0 fully saturated rings. The van der Waals surface area contributed by atoms with Crippen LogP contribution >= 0.6 is 0 Å². The van der Waals surface area contributed by atoms with Crippen molar-refractivity contribution in [2.75, 3.05) is 15.4 Å². The lowest BCUT2D eigenvalue weighted by Crippen LogP contribution is -2.15. The molecular formula is C22H21N3O4S. The molecule has 30 heavy (non-hydrogen) atoms. The molecule has 3 aromatic carbocycles. The van der Waals surface area contributed by atoms with E-state index in [1.807, 2.05) is 6.92 Å². The van der Waals surface area contributed by atoms with Gasteiger partial charge in [-0.1, -0.05) is 23.8 Å². The van der Waals surface area contributed by atoms with Crippen molar-refractivity contribution < 1.29 is 18.0 Å². The Morgan fingerprint density at radius 1 is 0.767 bits per heavy atom. The van der Waals surface area contributed by atoms with Gasteiger partial charge in [0.2, 0.25) is 5.91 Å². The van der Waals surface area contributed by atoms with Crippen molar-refractivity contribution in [3.63, 3.8) is 0 Å². The summed E-state index contributed by atoms with van der Waals surface area (Å²) in [4.78, 5) is 23.8. The fraction of sp³-hybridized carbons (Fsp3) is 0.0909. The summed E-state index contributed by atoms with van der Waals surface area (Å²) in [5.41, 5.74) is 2.69. The minimum atomic E-state index is -3.76. The maximum absolute atomic E-state index is 12.6. The molecule has 3 N–H and O–H groups in total. The molecular weight excluding hydrogens is 402 g/mol. The maximum atomic E-state index is 12.6. The molecule has 3 rings (SSSR count). The number of carbonyl (C=O) groups is 2.